The number of amides is 1. The largest absolute Gasteiger partial charge is 0.496 e. The van der Waals surface area contributed by atoms with Gasteiger partial charge < -0.3 is 15.4 Å². The highest BCUT2D eigenvalue weighted by atomic mass is 35.5. The second-order valence-electron chi connectivity index (χ2n) is 6.00. The Hall–Kier alpha value is -2.05. The molecule has 136 valence electrons. The molecule has 0 bridgehead atoms. The van der Waals surface area contributed by atoms with Crippen LogP contribution in [-0.2, 0) is 6.42 Å². The number of halogens is 1. The van der Waals surface area contributed by atoms with Crippen LogP contribution in [0.4, 0.5) is 0 Å². The molecule has 1 amide bonds. The van der Waals surface area contributed by atoms with Gasteiger partial charge in [0, 0.05) is 19.3 Å². The van der Waals surface area contributed by atoms with Gasteiger partial charge in [-0.2, -0.15) is 5.10 Å². The van der Waals surface area contributed by atoms with Crippen molar-refractivity contribution < 1.29 is 9.53 Å². The number of piperidine rings is 1. The molecule has 1 aromatic heterocycles. The first kappa shape index (κ1) is 19.3. The van der Waals surface area contributed by atoms with Crippen LogP contribution < -0.4 is 15.4 Å². The Labute approximate surface area is 154 Å². The average Bonchev–Trinajstić information content (AvgIpc) is 3.13. The van der Waals surface area contributed by atoms with Gasteiger partial charge in [0.2, 0.25) is 0 Å². The molecule has 6 nitrogen and oxygen atoms in total. The third-order valence-corrected chi connectivity index (χ3v) is 4.36. The van der Waals surface area contributed by atoms with Crippen molar-refractivity contribution in [2.75, 3.05) is 26.7 Å². The zero-order valence-corrected chi connectivity index (χ0v) is 15.2. The normalized spacial score (nSPS) is 16.8. The highest BCUT2D eigenvalue weighted by molar-refractivity contribution is 5.92. The van der Waals surface area contributed by atoms with E-state index >= 15 is 0 Å². The van der Waals surface area contributed by atoms with E-state index in [1.54, 1.807) is 13.2 Å². The minimum Gasteiger partial charge on any atom is -0.496 e. The van der Waals surface area contributed by atoms with Crippen LogP contribution >= 0.6 is 12.4 Å². The fourth-order valence-electron chi connectivity index (χ4n) is 3.03. The van der Waals surface area contributed by atoms with Crippen LogP contribution in [0.1, 0.15) is 34.9 Å². The van der Waals surface area contributed by atoms with Crippen molar-refractivity contribution in [3.8, 4) is 5.75 Å². The van der Waals surface area contributed by atoms with Crippen molar-refractivity contribution in [2.24, 2.45) is 0 Å². The SMILES string of the molecule is COc1ccccc1CCNC(=O)c1ccn(C2CCCNC2)n1.Cl. The Morgan fingerprint density at radius 1 is 1.40 bits per heavy atom. The summed E-state index contributed by atoms with van der Waals surface area (Å²) >= 11 is 0. The van der Waals surface area contributed by atoms with Gasteiger partial charge in [-0.1, -0.05) is 18.2 Å². The monoisotopic (exact) mass is 364 g/mol. The molecule has 0 spiro atoms. The first-order valence-electron chi connectivity index (χ1n) is 8.44. The van der Waals surface area contributed by atoms with Crippen molar-refractivity contribution in [2.45, 2.75) is 25.3 Å². The molecular formula is C18H25ClN4O2. The predicted octanol–water partition coefficient (Wildman–Crippen LogP) is 2.21. The molecule has 0 aliphatic carbocycles. The molecule has 1 aliphatic heterocycles. The highest BCUT2D eigenvalue weighted by Crippen LogP contribution is 2.17. The quantitative estimate of drug-likeness (QED) is 0.824. The molecule has 1 unspecified atom stereocenters. The first-order chi connectivity index (χ1) is 11.8. The second-order valence-corrected chi connectivity index (χ2v) is 6.00. The molecule has 2 heterocycles. The Balaban J connectivity index is 0.00000225. The summed E-state index contributed by atoms with van der Waals surface area (Å²) in [4.78, 5) is 12.3. The van der Waals surface area contributed by atoms with Crippen LogP contribution in [0.25, 0.3) is 0 Å². The van der Waals surface area contributed by atoms with E-state index in [4.69, 9.17) is 4.74 Å². The molecule has 1 fully saturated rings. The molecule has 1 aromatic carbocycles. The third kappa shape index (κ3) is 4.96. The smallest absolute Gasteiger partial charge is 0.271 e. The number of methoxy groups -OCH3 is 1. The molecule has 2 aromatic rings. The maximum Gasteiger partial charge on any atom is 0.271 e. The average molecular weight is 365 g/mol. The lowest BCUT2D eigenvalue weighted by Crippen LogP contribution is -2.32. The molecule has 1 aliphatic rings. The number of nitrogens with zero attached hydrogens (tertiary/aromatic N) is 2. The lowest BCUT2D eigenvalue weighted by molar-refractivity contribution is 0.0947. The minimum atomic E-state index is -0.132. The van der Waals surface area contributed by atoms with Gasteiger partial charge >= 0.3 is 0 Å². The first-order valence-corrected chi connectivity index (χ1v) is 8.44. The lowest BCUT2D eigenvalue weighted by atomic mass is 10.1. The van der Waals surface area contributed by atoms with E-state index in [0.29, 0.717) is 18.3 Å². The zero-order valence-electron chi connectivity index (χ0n) is 14.4. The highest BCUT2D eigenvalue weighted by Gasteiger charge is 2.17. The predicted molar refractivity (Wildman–Crippen MR) is 99.6 cm³/mol. The Kier molecular flexibility index (Phi) is 7.28. The summed E-state index contributed by atoms with van der Waals surface area (Å²) < 4.78 is 7.23. The van der Waals surface area contributed by atoms with E-state index in [-0.39, 0.29) is 18.3 Å². The molecule has 3 rings (SSSR count). The van der Waals surface area contributed by atoms with Gasteiger partial charge in [0.1, 0.15) is 11.4 Å². The number of carbonyl (C=O) groups excluding carboxylic acids is 1. The van der Waals surface area contributed by atoms with Gasteiger partial charge in [-0.3, -0.25) is 9.48 Å². The maximum atomic E-state index is 12.3. The number of benzene rings is 1. The molecule has 1 saturated heterocycles. The summed E-state index contributed by atoms with van der Waals surface area (Å²) in [6, 6.07) is 9.97. The van der Waals surface area contributed by atoms with E-state index in [1.807, 2.05) is 35.1 Å². The van der Waals surface area contributed by atoms with Gasteiger partial charge in [-0.05, 0) is 43.5 Å². The Morgan fingerprint density at radius 2 is 2.24 bits per heavy atom. The molecular weight excluding hydrogens is 340 g/mol. The maximum absolute atomic E-state index is 12.3. The minimum absolute atomic E-state index is 0. The van der Waals surface area contributed by atoms with Crippen molar-refractivity contribution in [3.05, 3.63) is 47.8 Å². The summed E-state index contributed by atoms with van der Waals surface area (Å²) in [6.07, 6.45) is 4.87. The number of nitrogens with one attached hydrogen (secondary N) is 2. The number of rotatable bonds is 6. The number of hydrogen-bond acceptors (Lipinski definition) is 4. The summed E-state index contributed by atoms with van der Waals surface area (Å²) in [6.45, 7) is 2.53. The van der Waals surface area contributed by atoms with Crippen molar-refractivity contribution >= 4 is 18.3 Å². The van der Waals surface area contributed by atoms with E-state index in [1.165, 1.54) is 0 Å². The van der Waals surface area contributed by atoms with Gasteiger partial charge in [-0.25, -0.2) is 0 Å². The van der Waals surface area contributed by atoms with Gasteiger partial charge in [-0.15, -0.1) is 12.4 Å². The summed E-state index contributed by atoms with van der Waals surface area (Å²) in [5, 5.41) is 10.7. The van der Waals surface area contributed by atoms with Crippen LogP contribution in [0, 0.1) is 0 Å². The lowest BCUT2D eigenvalue weighted by Gasteiger charge is -2.22. The zero-order chi connectivity index (χ0) is 16.8. The van der Waals surface area contributed by atoms with Gasteiger partial charge in [0.05, 0.1) is 13.2 Å². The van der Waals surface area contributed by atoms with E-state index < -0.39 is 0 Å². The third-order valence-electron chi connectivity index (χ3n) is 4.36. The van der Waals surface area contributed by atoms with Crippen LogP contribution in [0.5, 0.6) is 5.75 Å². The summed E-state index contributed by atoms with van der Waals surface area (Å²) in [7, 11) is 1.66. The topological polar surface area (TPSA) is 68.2 Å². The standard InChI is InChI=1S/C18H24N4O2.ClH/c1-24-17-7-3-2-5-14(17)8-11-20-18(23)16-9-12-22(21-16)15-6-4-10-19-13-15;/h2-3,5,7,9,12,15,19H,4,6,8,10-11,13H2,1H3,(H,20,23);1H. The molecule has 25 heavy (non-hydrogen) atoms. The molecule has 0 saturated carbocycles. The number of para-hydroxylation sites is 1. The Bertz CT molecular complexity index is 683. The summed E-state index contributed by atoms with van der Waals surface area (Å²) in [5.74, 6) is 0.716. The second kappa shape index (κ2) is 9.44. The Morgan fingerprint density at radius 3 is 3.00 bits per heavy atom. The van der Waals surface area contributed by atoms with E-state index in [2.05, 4.69) is 15.7 Å². The number of ether oxygens (including phenoxy) is 1. The number of carbonyl (C=O) groups is 1. The van der Waals surface area contributed by atoms with Crippen LogP contribution in [0.2, 0.25) is 0 Å². The van der Waals surface area contributed by atoms with Crippen LogP contribution in [0.15, 0.2) is 36.5 Å². The van der Waals surface area contributed by atoms with Crippen LogP contribution in [0.3, 0.4) is 0 Å². The summed E-state index contributed by atoms with van der Waals surface area (Å²) in [5.41, 5.74) is 1.56. The van der Waals surface area contributed by atoms with Crippen LogP contribution in [-0.4, -0.2) is 42.4 Å². The fraction of sp³-hybridized carbons (Fsp3) is 0.444. The number of hydrogen-bond donors (Lipinski definition) is 2. The van der Waals surface area contributed by atoms with Crippen molar-refractivity contribution in [3.63, 3.8) is 0 Å². The molecule has 7 heteroatoms. The van der Waals surface area contributed by atoms with Gasteiger partial charge in [0.15, 0.2) is 0 Å². The van der Waals surface area contributed by atoms with Crippen molar-refractivity contribution in [1.29, 1.82) is 0 Å². The molecule has 0 radical (unpaired) electrons. The van der Waals surface area contributed by atoms with Gasteiger partial charge in [0.25, 0.3) is 5.91 Å². The van der Waals surface area contributed by atoms with E-state index in [0.717, 1.165) is 43.7 Å². The molecule has 1 atom stereocenters. The molecule has 2 N–H and O–H groups in total. The fourth-order valence-corrected chi connectivity index (χ4v) is 3.03. The van der Waals surface area contributed by atoms with E-state index in [9.17, 15) is 4.79 Å². The van der Waals surface area contributed by atoms with Crippen molar-refractivity contribution in [1.82, 2.24) is 20.4 Å². The number of aromatic nitrogens is 2.